The number of nitrogens with zero attached hydrogens (tertiary/aromatic N) is 3. The third-order valence-corrected chi connectivity index (χ3v) is 4.83. The summed E-state index contributed by atoms with van der Waals surface area (Å²) < 4.78 is 26.0. The first-order chi connectivity index (χ1) is 14.1. The lowest BCUT2D eigenvalue weighted by Gasteiger charge is -2.21. The van der Waals surface area contributed by atoms with Crippen LogP contribution in [0.2, 0.25) is 0 Å². The van der Waals surface area contributed by atoms with Crippen molar-refractivity contribution in [3.05, 3.63) is 36.0 Å². The van der Waals surface area contributed by atoms with Gasteiger partial charge in [0.1, 0.15) is 36.6 Å². The number of nitrogens with one attached hydrogen (secondary N) is 3. The zero-order valence-corrected chi connectivity index (χ0v) is 15.6. The maximum absolute atomic E-state index is 13.2. The first-order valence-corrected chi connectivity index (χ1v) is 9.31. The molecule has 0 saturated heterocycles. The van der Waals surface area contributed by atoms with Crippen LogP contribution in [0.25, 0.3) is 5.65 Å². The van der Waals surface area contributed by atoms with Crippen molar-refractivity contribution in [3.63, 3.8) is 0 Å². The number of hydrogen-bond donors (Lipinski definition) is 3. The SMILES string of the molecule is CNc1cc(Nc2cccc3c2OCCO3)nc2c(C(=O)N[C@@H]3C[C@@H]3F)cnn12. The Morgan fingerprint density at radius 3 is 2.93 bits per heavy atom. The van der Waals surface area contributed by atoms with Crippen molar-refractivity contribution in [2.24, 2.45) is 0 Å². The number of alkyl halides is 1. The largest absolute Gasteiger partial charge is 0.486 e. The van der Waals surface area contributed by atoms with Crippen molar-refractivity contribution in [2.45, 2.75) is 18.6 Å². The summed E-state index contributed by atoms with van der Waals surface area (Å²) in [6, 6.07) is 6.88. The van der Waals surface area contributed by atoms with Gasteiger partial charge in [0.15, 0.2) is 17.1 Å². The number of para-hydroxylation sites is 1. The number of benzene rings is 1. The van der Waals surface area contributed by atoms with Crippen molar-refractivity contribution in [1.29, 1.82) is 0 Å². The van der Waals surface area contributed by atoms with E-state index in [0.717, 1.165) is 0 Å². The molecule has 29 heavy (non-hydrogen) atoms. The van der Waals surface area contributed by atoms with Gasteiger partial charge in [-0.25, -0.2) is 9.37 Å². The van der Waals surface area contributed by atoms with E-state index in [9.17, 15) is 9.18 Å². The lowest BCUT2D eigenvalue weighted by molar-refractivity contribution is 0.0949. The summed E-state index contributed by atoms with van der Waals surface area (Å²) >= 11 is 0. The van der Waals surface area contributed by atoms with Gasteiger partial charge in [-0.15, -0.1) is 0 Å². The van der Waals surface area contributed by atoms with Crippen molar-refractivity contribution < 1.29 is 18.7 Å². The average molecular weight is 398 g/mol. The Labute approximate surface area is 165 Å². The third kappa shape index (κ3) is 3.16. The van der Waals surface area contributed by atoms with E-state index in [0.29, 0.717) is 54.1 Å². The Kier molecular flexibility index (Phi) is 4.11. The van der Waals surface area contributed by atoms with Crippen LogP contribution >= 0.6 is 0 Å². The summed E-state index contributed by atoms with van der Waals surface area (Å²) in [5, 5.41) is 13.2. The fourth-order valence-corrected chi connectivity index (χ4v) is 3.23. The minimum Gasteiger partial charge on any atom is -0.486 e. The van der Waals surface area contributed by atoms with Crippen molar-refractivity contribution >= 4 is 28.9 Å². The van der Waals surface area contributed by atoms with Crippen LogP contribution in [0.4, 0.5) is 21.7 Å². The predicted octanol–water partition coefficient (Wildman–Crippen LogP) is 2.13. The molecule has 10 heteroatoms. The molecule has 1 aliphatic heterocycles. The first kappa shape index (κ1) is 17.5. The molecule has 3 aromatic rings. The quantitative estimate of drug-likeness (QED) is 0.605. The molecule has 2 aromatic heterocycles. The number of carbonyl (C=O) groups excluding carboxylic acids is 1. The van der Waals surface area contributed by atoms with E-state index in [2.05, 4.69) is 26.0 Å². The number of carbonyl (C=O) groups is 1. The van der Waals surface area contributed by atoms with E-state index >= 15 is 0 Å². The molecule has 2 aliphatic rings. The maximum atomic E-state index is 13.2. The molecule has 3 heterocycles. The molecule has 150 valence electrons. The molecule has 1 amide bonds. The zero-order valence-electron chi connectivity index (χ0n) is 15.6. The molecule has 2 atom stereocenters. The number of ether oxygens (including phenoxy) is 2. The van der Waals surface area contributed by atoms with Gasteiger partial charge < -0.3 is 25.4 Å². The molecule has 0 bridgehead atoms. The van der Waals surface area contributed by atoms with Gasteiger partial charge in [0.25, 0.3) is 5.91 Å². The molecule has 1 fully saturated rings. The van der Waals surface area contributed by atoms with E-state index in [4.69, 9.17) is 9.47 Å². The fraction of sp³-hybridized carbons (Fsp3) is 0.316. The minimum atomic E-state index is -0.981. The van der Waals surface area contributed by atoms with Crippen LogP contribution in [0.15, 0.2) is 30.5 Å². The van der Waals surface area contributed by atoms with Gasteiger partial charge in [-0.3, -0.25) is 4.79 Å². The Balaban J connectivity index is 1.51. The second kappa shape index (κ2) is 6.80. The van der Waals surface area contributed by atoms with Gasteiger partial charge in [0.2, 0.25) is 0 Å². The van der Waals surface area contributed by atoms with Gasteiger partial charge in [-0.05, 0) is 12.1 Å². The standard InChI is InChI=1S/C19H19FN6O3/c1-21-16-8-15(23-12-3-2-4-14-17(12)29-6-5-28-14)25-18-10(9-22-26(16)18)19(27)24-13-7-11(13)20/h2-4,8-9,11,13,21H,5-7H2,1H3,(H,23,25)(H,24,27)/t11-,13+/m0/s1. The molecule has 1 aliphatic carbocycles. The number of rotatable bonds is 5. The van der Waals surface area contributed by atoms with Crippen molar-refractivity contribution in [3.8, 4) is 11.5 Å². The Bertz CT molecular complexity index is 1100. The highest BCUT2D eigenvalue weighted by Crippen LogP contribution is 2.38. The number of aromatic nitrogens is 3. The zero-order chi connectivity index (χ0) is 20.0. The molecular formula is C19H19FN6O3. The van der Waals surface area contributed by atoms with Crippen LogP contribution in [0, 0.1) is 0 Å². The third-order valence-electron chi connectivity index (χ3n) is 4.83. The van der Waals surface area contributed by atoms with Crippen molar-refractivity contribution in [2.75, 3.05) is 30.9 Å². The number of amides is 1. The molecule has 1 saturated carbocycles. The van der Waals surface area contributed by atoms with Crippen LogP contribution in [-0.4, -0.2) is 53.0 Å². The van der Waals surface area contributed by atoms with Crippen LogP contribution in [0.1, 0.15) is 16.8 Å². The van der Waals surface area contributed by atoms with E-state index in [-0.39, 0.29) is 5.56 Å². The summed E-state index contributed by atoms with van der Waals surface area (Å²) in [4.78, 5) is 17.1. The van der Waals surface area contributed by atoms with Crippen LogP contribution in [0.5, 0.6) is 11.5 Å². The van der Waals surface area contributed by atoms with Crippen molar-refractivity contribution in [1.82, 2.24) is 19.9 Å². The Hall–Kier alpha value is -3.56. The Morgan fingerprint density at radius 1 is 1.31 bits per heavy atom. The fourth-order valence-electron chi connectivity index (χ4n) is 3.23. The number of hydrogen-bond acceptors (Lipinski definition) is 7. The minimum absolute atomic E-state index is 0.277. The molecule has 3 N–H and O–H groups in total. The second-order valence-corrected chi connectivity index (χ2v) is 6.86. The molecule has 0 unspecified atom stereocenters. The monoisotopic (exact) mass is 398 g/mol. The summed E-state index contributed by atoms with van der Waals surface area (Å²) in [6.07, 6.45) is 0.790. The van der Waals surface area contributed by atoms with E-state index < -0.39 is 18.1 Å². The smallest absolute Gasteiger partial charge is 0.257 e. The van der Waals surface area contributed by atoms with Crippen LogP contribution in [-0.2, 0) is 0 Å². The molecule has 9 nitrogen and oxygen atoms in total. The van der Waals surface area contributed by atoms with Gasteiger partial charge in [-0.2, -0.15) is 9.61 Å². The van der Waals surface area contributed by atoms with Gasteiger partial charge in [0, 0.05) is 19.5 Å². The summed E-state index contributed by atoms with van der Waals surface area (Å²) in [6.45, 7) is 0.961. The lowest BCUT2D eigenvalue weighted by atomic mass is 10.2. The normalized spacial score (nSPS) is 19.7. The molecular weight excluding hydrogens is 379 g/mol. The van der Waals surface area contributed by atoms with Gasteiger partial charge >= 0.3 is 0 Å². The molecule has 1 aromatic carbocycles. The molecule has 0 radical (unpaired) electrons. The van der Waals surface area contributed by atoms with E-state index in [1.165, 1.54) is 10.7 Å². The Morgan fingerprint density at radius 2 is 2.14 bits per heavy atom. The molecule has 0 spiro atoms. The van der Waals surface area contributed by atoms with E-state index in [1.54, 1.807) is 13.1 Å². The maximum Gasteiger partial charge on any atom is 0.257 e. The summed E-state index contributed by atoms with van der Waals surface area (Å²) in [5.41, 5.74) is 1.33. The number of halogens is 1. The van der Waals surface area contributed by atoms with E-state index in [1.807, 2.05) is 18.2 Å². The number of fused-ring (bicyclic) bond motifs is 2. The first-order valence-electron chi connectivity index (χ1n) is 9.31. The predicted molar refractivity (Wildman–Crippen MR) is 104 cm³/mol. The highest BCUT2D eigenvalue weighted by atomic mass is 19.1. The summed E-state index contributed by atoms with van der Waals surface area (Å²) in [5.74, 6) is 2.00. The lowest BCUT2D eigenvalue weighted by Crippen LogP contribution is -2.27. The van der Waals surface area contributed by atoms with Crippen LogP contribution < -0.4 is 25.4 Å². The topological polar surface area (TPSA) is 102 Å². The highest BCUT2D eigenvalue weighted by molar-refractivity contribution is 6.00. The summed E-state index contributed by atoms with van der Waals surface area (Å²) in [7, 11) is 1.75. The van der Waals surface area contributed by atoms with Crippen LogP contribution in [0.3, 0.4) is 0 Å². The van der Waals surface area contributed by atoms with Gasteiger partial charge in [-0.1, -0.05) is 6.07 Å². The highest BCUT2D eigenvalue weighted by Gasteiger charge is 2.39. The second-order valence-electron chi connectivity index (χ2n) is 6.86. The molecule has 5 rings (SSSR count). The van der Waals surface area contributed by atoms with Gasteiger partial charge in [0.05, 0.1) is 17.9 Å². The number of anilines is 3. The average Bonchev–Trinajstić information content (AvgIpc) is 3.25.